The predicted octanol–water partition coefficient (Wildman–Crippen LogP) is 2.77. The van der Waals surface area contributed by atoms with Crippen LogP contribution in [-0.4, -0.2) is 27.3 Å². The summed E-state index contributed by atoms with van der Waals surface area (Å²) >= 11 is 0. The standard InChI is InChI=1S/C16H19NO3Si/c1-19-13-10-11(7-9-21(3,4)5)14-12(18)6-8-17-15(14)16(13)20-2/h6,8,10H,1-5H3,(H,17,18). The molecule has 0 bridgehead atoms. The first kappa shape index (κ1) is 15.2. The summed E-state index contributed by atoms with van der Waals surface area (Å²) in [4.78, 5) is 15.3. The van der Waals surface area contributed by atoms with E-state index in [1.54, 1.807) is 26.5 Å². The number of ether oxygens (including phenoxy) is 2. The van der Waals surface area contributed by atoms with Crippen molar-refractivity contribution in [1.82, 2.24) is 4.98 Å². The Kier molecular flexibility index (Phi) is 4.10. The lowest BCUT2D eigenvalue weighted by molar-refractivity contribution is 0.358. The van der Waals surface area contributed by atoms with Crippen LogP contribution >= 0.6 is 0 Å². The number of hydrogen-bond donors (Lipinski definition) is 1. The van der Waals surface area contributed by atoms with Crippen molar-refractivity contribution in [3.8, 4) is 23.0 Å². The molecule has 2 aromatic rings. The maximum Gasteiger partial charge on any atom is 0.190 e. The molecule has 0 saturated carbocycles. The van der Waals surface area contributed by atoms with Crippen molar-refractivity contribution < 1.29 is 9.47 Å². The third kappa shape index (κ3) is 3.11. The van der Waals surface area contributed by atoms with Crippen molar-refractivity contribution in [2.75, 3.05) is 14.2 Å². The molecule has 0 atom stereocenters. The van der Waals surface area contributed by atoms with E-state index in [1.807, 2.05) is 0 Å². The third-order valence-electron chi connectivity index (χ3n) is 2.95. The summed E-state index contributed by atoms with van der Waals surface area (Å²) in [6, 6.07) is 3.26. The highest BCUT2D eigenvalue weighted by Gasteiger charge is 2.16. The molecular formula is C16H19NO3Si. The number of rotatable bonds is 2. The Morgan fingerprint density at radius 3 is 2.48 bits per heavy atom. The van der Waals surface area contributed by atoms with Crippen molar-refractivity contribution in [2.45, 2.75) is 19.6 Å². The van der Waals surface area contributed by atoms with Crippen LogP contribution in [0.5, 0.6) is 11.5 Å². The summed E-state index contributed by atoms with van der Waals surface area (Å²) in [6.07, 6.45) is 1.60. The fraction of sp³-hybridized carbons (Fsp3) is 0.312. The van der Waals surface area contributed by atoms with Gasteiger partial charge in [0.1, 0.15) is 8.07 Å². The van der Waals surface area contributed by atoms with Gasteiger partial charge in [-0.05, 0) is 0 Å². The van der Waals surface area contributed by atoms with Gasteiger partial charge in [-0.2, -0.15) is 0 Å². The predicted molar refractivity (Wildman–Crippen MR) is 87.9 cm³/mol. The second-order valence-corrected chi connectivity index (χ2v) is 10.5. The molecule has 110 valence electrons. The highest BCUT2D eigenvalue weighted by atomic mass is 28.3. The minimum absolute atomic E-state index is 0.0791. The van der Waals surface area contributed by atoms with Gasteiger partial charge in [-0.25, -0.2) is 0 Å². The van der Waals surface area contributed by atoms with Gasteiger partial charge in [0, 0.05) is 23.9 Å². The zero-order valence-electron chi connectivity index (χ0n) is 13.0. The first-order chi connectivity index (χ1) is 9.87. The van der Waals surface area contributed by atoms with E-state index in [-0.39, 0.29) is 5.43 Å². The summed E-state index contributed by atoms with van der Waals surface area (Å²) in [5, 5.41) is 0.543. The van der Waals surface area contributed by atoms with Crippen LogP contribution in [-0.2, 0) is 0 Å². The maximum absolute atomic E-state index is 12.2. The molecule has 1 aromatic heterocycles. The van der Waals surface area contributed by atoms with Crippen LogP contribution in [0.25, 0.3) is 10.9 Å². The molecule has 2 rings (SSSR count). The highest BCUT2D eigenvalue weighted by Crippen LogP contribution is 2.34. The van der Waals surface area contributed by atoms with Crippen molar-refractivity contribution in [2.24, 2.45) is 0 Å². The van der Waals surface area contributed by atoms with Crippen LogP contribution in [0, 0.1) is 11.5 Å². The molecule has 0 spiro atoms. The number of aromatic nitrogens is 1. The average Bonchev–Trinajstić information content (AvgIpc) is 2.43. The number of hydrogen-bond acceptors (Lipinski definition) is 3. The second kappa shape index (κ2) is 5.66. The van der Waals surface area contributed by atoms with E-state index in [2.05, 4.69) is 36.1 Å². The molecule has 1 N–H and O–H groups in total. The molecule has 0 radical (unpaired) electrons. The van der Waals surface area contributed by atoms with E-state index in [0.29, 0.717) is 28.0 Å². The molecule has 0 amide bonds. The van der Waals surface area contributed by atoms with E-state index in [4.69, 9.17) is 9.47 Å². The zero-order chi connectivity index (χ0) is 15.6. The monoisotopic (exact) mass is 301 g/mol. The van der Waals surface area contributed by atoms with Gasteiger partial charge in [0.15, 0.2) is 16.9 Å². The number of nitrogens with one attached hydrogen (secondary N) is 1. The largest absolute Gasteiger partial charge is 0.493 e. The number of H-pyrrole nitrogens is 1. The minimum atomic E-state index is -1.54. The van der Waals surface area contributed by atoms with Crippen LogP contribution in [0.1, 0.15) is 5.56 Å². The summed E-state index contributed by atoms with van der Waals surface area (Å²) in [6.45, 7) is 6.48. The Balaban J connectivity index is 2.87. The molecule has 0 saturated heterocycles. The first-order valence-electron chi connectivity index (χ1n) is 6.67. The normalized spacial score (nSPS) is 10.9. The Labute approximate surface area is 125 Å². The van der Waals surface area contributed by atoms with E-state index in [0.717, 1.165) is 0 Å². The molecule has 0 unspecified atom stereocenters. The number of pyridine rings is 1. The van der Waals surface area contributed by atoms with E-state index < -0.39 is 8.07 Å². The lowest BCUT2D eigenvalue weighted by Crippen LogP contribution is -2.16. The van der Waals surface area contributed by atoms with Crippen molar-refractivity contribution >= 4 is 19.0 Å². The van der Waals surface area contributed by atoms with Crippen LogP contribution in [0.2, 0.25) is 19.6 Å². The van der Waals surface area contributed by atoms with E-state index in [9.17, 15) is 4.79 Å². The summed E-state index contributed by atoms with van der Waals surface area (Å²) < 4.78 is 10.7. The lowest BCUT2D eigenvalue weighted by atomic mass is 10.1. The molecule has 0 aliphatic carbocycles. The Morgan fingerprint density at radius 2 is 1.90 bits per heavy atom. The minimum Gasteiger partial charge on any atom is -0.493 e. The van der Waals surface area contributed by atoms with Crippen molar-refractivity contribution in [1.29, 1.82) is 0 Å². The van der Waals surface area contributed by atoms with Crippen LogP contribution in [0.3, 0.4) is 0 Å². The molecule has 4 nitrogen and oxygen atoms in total. The molecule has 1 heterocycles. The lowest BCUT2D eigenvalue weighted by Gasteiger charge is -2.12. The molecular weight excluding hydrogens is 282 g/mol. The number of methoxy groups -OCH3 is 2. The Bertz CT molecular complexity index is 791. The van der Waals surface area contributed by atoms with E-state index >= 15 is 0 Å². The molecule has 0 aliphatic rings. The summed E-state index contributed by atoms with van der Waals surface area (Å²) in [5.41, 5.74) is 4.50. The Hall–Kier alpha value is -2.19. The van der Waals surface area contributed by atoms with Gasteiger partial charge in [-0.15, -0.1) is 5.54 Å². The highest BCUT2D eigenvalue weighted by molar-refractivity contribution is 6.83. The van der Waals surface area contributed by atoms with Gasteiger partial charge in [0.25, 0.3) is 0 Å². The van der Waals surface area contributed by atoms with Crippen LogP contribution in [0.15, 0.2) is 23.1 Å². The summed E-state index contributed by atoms with van der Waals surface area (Å²) in [7, 11) is 1.58. The SMILES string of the molecule is COc1cc(C#C[Si](C)(C)C)c2c(=O)cc[nH]c2c1OC. The molecule has 0 fully saturated rings. The molecule has 0 aliphatic heterocycles. The number of benzene rings is 1. The average molecular weight is 301 g/mol. The fourth-order valence-corrected chi connectivity index (χ4v) is 2.54. The van der Waals surface area contributed by atoms with Gasteiger partial charge < -0.3 is 14.5 Å². The van der Waals surface area contributed by atoms with Crippen molar-refractivity contribution in [3.05, 3.63) is 34.1 Å². The van der Waals surface area contributed by atoms with Gasteiger partial charge in [-0.1, -0.05) is 25.6 Å². The topological polar surface area (TPSA) is 51.3 Å². The number of fused-ring (bicyclic) bond motifs is 1. The third-order valence-corrected chi connectivity index (χ3v) is 3.83. The molecule has 21 heavy (non-hydrogen) atoms. The molecule has 5 heteroatoms. The Morgan fingerprint density at radius 1 is 1.19 bits per heavy atom. The van der Waals surface area contributed by atoms with Crippen molar-refractivity contribution in [3.63, 3.8) is 0 Å². The zero-order valence-corrected chi connectivity index (χ0v) is 14.0. The van der Waals surface area contributed by atoms with Gasteiger partial charge >= 0.3 is 0 Å². The summed E-state index contributed by atoms with van der Waals surface area (Å²) in [5.74, 6) is 4.23. The van der Waals surface area contributed by atoms with Crippen LogP contribution < -0.4 is 14.9 Å². The smallest absolute Gasteiger partial charge is 0.190 e. The fourth-order valence-electron chi connectivity index (χ4n) is 2.03. The van der Waals surface area contributed by atoms with Gasteiger partial charge in [0.2, 0.25) is 0 Å². The first-order valence-corrected chi connectivity index (χ1v) is 10.2. The molecule has 1 aromatic carbocycles. The second-order valence-electron chi connectivity index (χ2n) is 5.75. The maximum atomic E-state index is 12.2. The quantitative estimate of drug-likeness (QED) is 0.685. The van der Waals surface area contributed by atoms with Gasteiger partial charge in [-0.3, -0.25) is 4.79 Å². The van der Waals surface area contributed by atoms with Gasteiger partial charge in [0.05, 0.1) is 25.1 Å². The van der Waals surface area contributed by atoms with E-state index in [1.165, 1.54) is 6.07 Å². The van der Waals surface area contributed by atoms with Crippen LogP contribution in [0.4, 0.5) is 0 Å². The number of aromatic amines is 1.